The van der Waals surface area contributed by atoms with Gasteiger partial charge in [0.15, 0.2) is 0 Å². The van der Waals surface area contributed by atoms with Crippen molar-refractivity contribution in [3.8, 4) is 0 Å². The smallest absolute Gasteiger partial charge is 0.342 e. The monoisotopic (exact) mass is 255 g/mol. The van der Waals surface area contributed by atoms with Crippen molar-refractivity contribution in [2.75, 3.05) is 5.75 Å². The fraction of sp³-hybridized carbons (Fsp3) is 0.364. The summed E-state index contributed by atoms with van der Waals surface area (Å²) in [6, 6.07) is 4.37. The van der Waals surface area contributed by atoms with E-state index in [1.807, 2.05) is 6.92 Å². The third kappa shape index (κ3) is 3.45. The van der Waals surface area contributed by atoms with Gasteiger partial charge >= 0.3 is 5.97 Å². The molecule has 0 aromatic heterocycles. The van der Waals surface area contributed by atoms with Gasteiger partial charge in [-0.2, -0.15) is 0 Å². The first-order valence-corrected chi connectivity index (χ1v) is 6.20. The standard InChI is InChI=1S/C11H13NO4S/c1-2-3-7-17-9-6-4-5-8(11(13)14)10(9)12(15)16/h4-6H,2-3,7H2,1H3,(H,13,14). The maximum absolute atomic E-state index is 10.9. The lowest BCUT2D eigenvalue weighted by Gasteiger charge is -2.04. The SMILES string of the molecule is CCCCSc1cccc(C(=O)O)c1[N+](=O)[O-]. The summed E-state index contributed by atoms with van der Waals surface area (Å²) >= 11 is 1.33. The Labute approximate surface area is 103 Å². The molecule has 1 aromatic rings. The van der Waals surface area contributed by atoms with Crippen molar-refractivity contribution in [2.45, 2.75) is 24.7 Å². The Kier molecular flexibility index (Phi) is 4.96. The minimum atomic E-state index is -1.27. The Bertz CT molecular complexity index is 433. The normalized spacial score (nSPS) is 10.2. The van der Waals surface area contributed by atoms with Gasteiger partial charge in [-0.15, -0.1) is 11.8 Å². The first-order chi connectivity index (χ1) is 8.07. The minimum Gasteiger partial charge on any atom is -0.477 e. The third-order valence-corrected chi connectivity index (χ3v) is 3.30. The highest BCUT2D eigenvalue weighted by Gasteiger charge is 2.23. The molecule has 0 heterocycles. The van der Waals surface area contributed by atoms with Crippen LogP contribution in [0.5, 0.6) is 0 Å². The summed E-state index contributed by atoms with van der Waals surface area (Å²) in [6.07, 6.45) is 1.94. The molecule has 0 aliphatic carbocycles. The Morgan fingerprint density at radius 1 is 1.53 bits per heavy atom. The molecule has 0 spiro atoms. The molecule has 0 radical (unpaired) electrons. The van der Waals surface area contributed by atoms with Crippen LogP contribution in [0.3, 0.4) is 0 Å². The second-order valence-electron chi connectivity index (χ2n) is 3.42. The van der Waals surface area contributed by atoms with Gasteiger partial charge in [0.2, 0.25) is 0 Å². The molecule has 1 aromatic carbocycles. The molecule has 0 aliphatic heterocycles. The number of carboxylic acid groups (broad SMARTS) is 1. The zero-order valence-corrected chi connectivity index (χ0v) is 10.2. The van der Waals surface area contributed by atoms with Gasteiger partial charge in [0.1, 0.15) is 5.56 Å². The number of carbonyl (C=O) groups is 1. The highest BCUT2D eigenvalue weighted by atomic mass is 32.2. The fourth-order valence-electron chi connectivity index (χ4n) is 1.33. The summed E-state index contributed by atoms with van der Waals surface area (Å²) < 4.78 is 0. The van der Waals surface area contributed by atoms with Crippen LogP contribution in [0, 0.1) is 10.1 Å². The largest absolute Gasteiger partial charge is 0.477 e. The first-order valence-electron chi connectivity index (χ1n) is 5.21. The van der Waals surface area contributed by atoms with Crippen LogP contribution < -0.4 is 0 Å². The molecule has 1 N–H and O–H groups in total. The average Bonchev–Trinajstić information content (AvgIpc) is 2.28. The van der Waals surface area contributed by atoms with Gasteiger partial charge in [-0.05, 0) is 24.3 Å². The van der Waals surface area contributed by atoms with Crippen molar-refractivity contribution in [3.63, 3.8) is 0 Å². The van der Waals surface area contributed by atoms with Crippen molar-refractivity contribution in [1.29, 1.82) is 0 Å². The second-order valence-corrected chi connectivity index (χ2v) is 4.55. The van der Waals surface area contributed by atoms with E-state index in [2.05, 4.69) is 0 Å². The van der Waals surface area contributed by atoms with E-state index >= 15 is 0 Å². The maximum Gasteiger partial charge on any atom is 0.342 e. The van der Waals surface area contributed by atoms with Crippen LogP contribution in [0.25, 0.3) is 0 Å². The molecule has 1 rings (SSSR count). The highest BCUT2D eigenvalue weighted by Crippen LogP contribution is 2.32. The maximum atomic E-state index is 10.9. The van der Waals surface area contributed by atoms with Gasteiger partial charge in [-0.1, -0.05) is 19.4 Å². The predicted molar refractivity (Wildman–Crippen MR) is 65.7 cm³/mol. The molecule has 17 heavy (non-hydrogen) atoms. The number of hydrogen-bond donors (Lipinski definition) is 1. The Hall–Kier alpha value is -1.56. The molecule has 0 amide bonds. The van der Waals surface area contributed by atoms with Crippen LogP contribution in [-0.2, 0) is 0 Å². The lowest BCUT2D eigenvalue weighted by Crippen LogP contribution is -2.03. The van der Waals surface area contributed by atoms with E-state index in [1.165, 1.54) is 23.9 Å². The van der Waals surface area contributed by atoms with E-state index in [1.54, 1.807) is 6.07 Å². The number of hydrogen-bond acceptors (Lipinski definition) is 4. The molecular formula is C11H13NO4S. The van der Waals surface area contributed by atoms with E-state index in [-0.39, 0.29) is 11.3 Å². The second kappa shape index (κ2) is 6.24. The molecule has 0 saturated carbocycles. The van der Waals surface area contributed by atoms with Crippen LogP contribution in [-0.4, -0.2) is 21.8 Å². The quantitative estimate of drug-likeness (QED) is 0.365. The molecule has 6 heteroatoms. The van der Waals surface area contributed by atoms with Crippen LogP contribution >= 0.6 is 11.8 Å². The van der Waals surface area contributed by atoms with E-state index in [0.717, 1.165) is 18.6 Å². The summed E-state index contributed by atoms with van der Waals surface area (Å²) in [7, 11) is 0. The average molecular weight is 255 g/mol. The number of nitro groups is 1. The number of unbranched alkanes of at least 4 members (excludes halogenated alkanes) is 1. The summed E-state index contributed by atoms with van der Waals surface area (Å²) in [5.41, 5.74) is -0.558. The molecule has 0 fully saturated rings. The van der Waals surface area contributed by atoms with Crippen molar-refractivity contribution in [1.82, 2.24) is 0 Å². The van der Waals surface area contributed by atoms with Gasteiger partial charge < -0.3 is 5.11 Å². The first kappa shape index (κ1) is 13.5. The van der Waals surface area contributed by atoms with Crippen molar-refractivity contribution in [2.24, 2.45) is 0 Å². The molecule has 0 unspecified atom stereocenters. The number of thioether (sulfide) groups is 1. The van der Waals surface area contributed by atoms with Gasteiger partial charge in [0.05, 0.1) is 9.82 Å². The Balaban J connectivity index is 3.07. The number of aromatic carboxylic acids is 1. The zero-order valence-electron chi connectivity index (χ0n) is 9.38. The lowest BCUT2D eigenvalue weighted by molar-refractivity contribution is -0.388. The molecule has 0 atom stereocenters. The summed E-state index contributed by atoms with van der Waals surface area (Å²) in [6.45, 7) is 2.03. The number of para-hydroxylation sites is 1. The van der Waals surface area contributed by atoms with E-state index < -0.39 is 10.9 Å². The summed E-state index contributed by atoms with van der Waals surface area (Å²) in [5.74, 6) is -0.518. The summed E-state index contributed by atoms with van der Waals surface area (Å²) in [4.78, 5) is 21.6. The van der Waals surface area contributed by atoms with Crippen molar-refractivity contribution < 1.29 is 14.8 Å². The van der Waals surface area contributed by atoms with Crippen LogP contribution in [0.2, 0.25) is 0 Å². The minimum absolute atomic E-state index is 0.253. The highest BCUT2D eigenvalue weighted by molar-refractivity contribution is 7.99. The van der Waals surface area contributed by atoms with E-state index in [9.17, 15) is 14.9 Å². The number of rotatable bonds is 6. The Morgan fingerprint density at radius 3 is 2.76 bits per heavy atom. The van der Waals surface area contributed by atoms with Gasteiger partial charge in [0.25, 0.3) is 5.69 Å². The number of carboxylic acids is 1. The van der Waals surface area contributed by atoms with E-state index in [4.69, 9.17) is 5.11 Å². The number of benzene rings is 1. The van der Waals surface area contributed by atoms with Gasteiger partial charge in [-0.25, -0.2) is 4.79 Å². The van der Waals surface area contributed by atoms with Crippen LogP contribution in [0.4, 0.5) is 5.69 Å². The molecular weight excluding hydrogens is 242 g/mol. The lowest BCUT2D eigenvalue weighted by atomic mass is 10.2. The topological polar surface area (TPSA) is 80.4 Å². The van der Waals surface area contributed by atoms with Crippen molar-refractivity contribution >= 4 is 23.4 Å². The zero-order chi connectivity index (χ0) is 12.8. The molecule has 5 nitrogen and oxygen atoms in total. The summed E-state index contributed by atoms with van der Waals surface area (Å²) in [5, 5.41) is 19.8. The van der Waals surface area contributed by atoms with Gasteiger partial charge in [0, 0.05) is 0 Å². The van der Waals surface area contributed by atoms with Crippen LogP contribution in [0.1, 0.15) is 30.1 Å². The fourth-order valence-corrected chi connectivity index (χ4v) is 2.48. The third-order valence-electron chi connectivity index (χ3n) is 2.17. The molecule has 0 aliphatic rings. The predicted octanol–water partition coefficient (Wildman–Crippen LogP) is 3.19. The number of nitro benzene ring substituents is 1. The Morgan fingerprint density at radius 2 is 2.24 bits per heavy atom. The van der Waals surface area contributed by atoms with Gasteiger partial charge in [-0.3, -0.25) is 10.1 Å². The number of nitrogens with zero attached hydrogens (tertiary/aromatic N) is 1. The van der Waals surface area contributed by atoms with Crippen LogP contribution in [0.15, 0.2) is 23.1 Å². The molecule has 0 bridgehead atoms. The van der Waals surface area contributed by atoms with Crippen molar-refractivity contribution in [3.05, 3.63) is 33.9 Å². The van der Waals surface area contributed by atoms with E-state index in [0.29, 0.717) is 4.90 Å². The molecule has 92 valence electrons. The molecule has 0 saturated heterocycles.